The number of carboxylic acids is 1. The van der Waals surface area contributed by atoms with Gasteiger partial charge in [-0.25, -0.2) is 4.79 Å². The largest absolute Gasteiger partial charge is 0.481 e. The van der Waals surface area contributed by atoms with Crippen molar-refractivity contribution in [3.63, 3.8) is 0 Å². The minimum Gasteiger partial charge on any atom is -0.481 e. The van der Waals surface area contributed by atoms with Crippen molar-refractivity contribution in [1.82, 2.24) is 10.6 Å². The Morgan fingerprint density at radius 3 is 2.90 bits per heavy atom. The van der Waals surface area contributed by atoms with Crippen LogP contribution in [0.15, 0.2) is 10.8 Å². The van der Waals surface area contributed by atoms with Crippen LogP contribution in [0.1, 0.15) is 18.1 Å². The second-order valence-corrected chi connectivity index (χ2v) is 5.94. The first-order chi connectivity index (χ1) is 9.43. The lowest BCUT2D eigenvalue weighted by Crippen LogP contribution is -2.52. The van der Waals surface area contributed by atoms with E-state index in [4.69, 9.17) is 4.74 Å². The molecule has 2 amide bonds. The van der Waals surface area contributed by atoms with Crippen LogP contribution >= 0.6 is 11.3 Å². The molecule has 2 rings (SSSR count). The van der Waals surface area contributed by atoms with E-state index >= 15 is 0 Å². The smallest absolute Gasteiger partial charge is 0.315 e. The molecule has 1 fully saturated rings. The summed E-state index contributed by atoms with van der Waals surface area (Å²) in [5, 5.41) is 18.6. The van der Waals surface area contributed by atoms with E-state index in [-0.39, 0.29) is 19.2 Å². The number of carboxylic acid groups (broad SMARTS) is 1. The molecule has 20 heavy (non-hydrogen) atoms. The van der Waals surface area contributed by atoms with Gasteiger partial charge in [-0.05, 0) is 35.7 Å². The molecule has 0 saturated carbocycles. The molecule has 3 N–H and O–H groups in total. The first kappa shape index (κ1) is 14.8. The van der Waals surface area contributed by atoms with Crippen LogP contribution in [0, 0.1) is 12.3 Å². The van der Waals surface area contributed by atoms with Crippen LogP contribution in [0.5, 0.6) is 0 Å². The molecule has 6 nitrogen and oxygen atoms in total. The molecule has 1 aromatic heterocycles. The highest BCUT2D eigenvalue weighted by molar-refractivity contribution is 7.08. The Bertz CT molecular complexity index is 516. The zero-order chi connectivity index (χ0) is 14.8. The number of aryl methyl sites for hydroxylation is 1. The highest BCUT2D eigenvalue weighted by atomic mass is 32.1. The lowest BCUT2D eigenvalue weighted by molar-refractivity contribution is -0.148. The summed E-state index contributed by atoms with van der Waals surface area (Å²) in [6, 6.07) is -0.901. The lowest BCUT2D eigenvalue weighted by Gasteiger charge is -2.25. The molecule has 0 radical (unpaired) electrons. The number of ether oxygens (including phenoxy) is 1. The zero-order valence-electron chi connectivity index (χ0n) is 11.4. The number of hydrogen-bond acceptors (Lipinski definition) is 4. The van der Waals surface area contributed by atoms with E-state index < -0.39 is 17.4 Å². The molecule has 1 aliphatic rings. The Balaban J connectivity index is 1.88. The normalized spacial score (nSPS) is 25.4. The molecule has 0 spiro atoms. The third kappa shape index (κ3) is 2.94. The van der Waals surface area contributed by atoms with Gasteiger partial charge in [0.25, 0.3) is 0 Å². The predicted molar refractivity (Wildman–Crippen MR) is 74.8 cm³/mol. The third-order valence-electron chi connectivity index (χ3n) is 3.65. The van der Waals surface area contributed by atoms with Crippen LogP contribution in [0.4, 0.5) is 4.79 Å². The van der Waals surface area contributed by atoms with Gasteiger partial charge in [-0.15, -0.1) is 0 Å². The number of rotatable bonds is 4. The molecule has 0 aliphatic carbocycles. The number of carbonyl (C=O) groups excluding carboxylic acids is 1. The number of aliphatic carboxylic acids is 1. The molecule has 0 bridgehead atoms. The van der Waals surface area contributed by atoms with Gasteiger partial charge in [0, 0.05) is 6.54 Å². The van der Waals surface area contributed by atoms with Crippen molar-refractivity contribution in [3.8, 4) is 0 Å². The summed E-state index contributed by atoms with van der Waals surface area (Å²) < 4.78 is 5.18. The van der Waals surface area contributed by atoms with E-state index in [2.05, 4.69) is 10.6 Å². The number of carbonyl (C=O) groups is 2. The standard InChI is InChI=1S/C13H18N2O4S/c1-8-5-20-6-9(8)3-14-12(18)15-10-4-19-7-13(10,2)11(16)17/h5-6,10H,3-4,7H2,1-2H3,(H,16,17)(H2,14,15,18). The van der Waals surface area contributed by atoms with E-state index in [9.17, 15) is 14.7 Å². The summed E-state index contributed by atoms with van der Waals surface area (Å²) in [6.45, 7) is 4.32. The average molecular weight is 298 g/mol. The maximum absolute atomic E-state index is 11.8. The van der Waals surface area contributed by atoms with Crippen molar-refractivity contribution in [1.29, 1.82) is 0 Å². The summed E-state index contributed by atoms with van der Waals surface area (Å²) >= 11 is 1.59. The number of urea groups is 1. The van der Waals surface area contributed by atoms with Crippen LogP contribution in [0.2, 0.25) is 0 Å². The summed E-state index contributed by atoms with van der Waals surface area (Å²) in [5.74, 6) is -0.964. The van der Waals surface area contributed by atoms with Crippen LogP contribution in [0.3, 0.4) is 0 Å². The first-order valence-electron chi connectivity index (χ1n) is 6.30. The fourth-order valence-electron chi connectivity index (χ4n) is 2.04. The Morgan fingerprint density at radius 1 is 1.55 bits per heavy atom. The average Bonchev–Trinajstić information content (AvgIpc) is 2.95. The van der Waals surface area contributed by atoms with Gasteiger partial charge in [-0.3, -0.25) is 4.79 Å². The number of amides is 2. The van der Waals surface area contributed by atoms with Gasteiger partial charge in [-0.2, -0.15) is 11.3 Å². The topological polar surface area (TPSA) is 87.7 Å². The minimum atomic E-state index is -1.07. The van der Waals surface area contributed by atoms with Gasteiger partial charge in [-0.1, -0.05) is 0 Å². The SMILES string of the molecule is Cc1cscc1CNC(=O)NC1COCC1(C)C(=O)O. The van der Waals surface area contributed by atoms with Crippen molar-refractivity contribution in [2.24, 2.45) is 5.41 Å². The Kier molecular flexibility index (Phi) is 4.29. The molecular formula is C13H18N2O4S. The van der Waals surface area contributed by atoms with E-state index in [1.54, 1.807) is 18.3 Å². The molecule has 110 valence electrons. The quantitative estimate of drug-likeness (QED) is 0.783. The maximum Gasteiger partial charge on any atom is 0.315 e. The Labute approximate surface area is 121 Å². The van der Waals surface area contributed by atoms with Crippen molar-refractivity contribution >= 4 is 23.3 Å². The van der Waals surface area contributed by atoms with Crippen molar-refractivity contribution in [3.05, 3.63) is 21.9 Å². The second kappa shape index (κ2) is 5.80. The summed E-state index contributed by atoms with van der Waals surface area (Å²) in [4.78, 5) is 23.1. The number of hydrogen-bond donors (Lipinski definition) is 3. The molecule has 1 aliphatic heterocycles. The van der Waals surface area contributed by atoms with Gasteiger partial charge in [0.15, 0.2) is 0 Å². The fourth-order valence-corrected chi connectivity index (χ4v) is 2.89. The van der Waals surface area contributed by atoms with Crippen LogP contribution < -0.4 is 10.6 Å². The molecule has 7 heteroatoms. The lowest BCUT2D eigenvalue weighted by atomic mass is 9.85. The third-order valence-corrected chi connectivity index (χ3v) is 4.56. The Hall–Kier alpha value is -1.60. The molecule has 2 heterocycles. The van der Waals surface area contributed by atoms with E-state index in [1.165, 1.54) is 0 Å². The molecule has 1 aromatic rings. The van der Waals surface area contributed by atoms with Crippen LogP contribution in [-0.2, 0) is 16.1 Å². The van der Waals surface area contributed by atoms with Gasteiger partial charge >= 0.3 is 12.0 Å². The van der Waals surface area contributed by atoms with Crippen LogP contribution in [-0.4, -0.2) is 36.4 Å². The molecule has 1 saturated heterocycles. The molecule has 2 unspecified atom stereocenters. The predicted octanol–water partition coefficient (Wildman–Crippen LogP) is 1.35. The van der Waals surface area contributed by atoms with Gasteiger partial charge in [0.2, 0.25) is 0 Å². The maximum atomic E-state index is 11.8. The van der Waals surface area contributed by atoms with E-state index in [0.29, 0.717) is 6.54 Å². The van der Waals surface area contributed by atoms with Crippen molar-refractivity contribution in [2.75, 3.05) is 13.2 Å². The van der Waals surface area contributed by atoms with E-state index in [0.717, 1.165) is 11.1 Å². The van der Waals surface area contributed by atoms with Gasteiger partial charge < -0.3 is 20.5 Å². The number of nitrogens with one attached hydrogen (secondary N) is 2. The summed E-state index contributed by atoms with van der Waals surface area (Å²) in [5.41, 5.74) is 1.12. The molecule has 0 aromatic carbocycles. The fraction of sp³-hybridized carbons (Fsp3) is 0.538. The minimum absolute atomic E-state index is 0.108. The second-order valence-electron chi connectivity index (χ2n) is 5.20. The highest BCUT2D eigenvalue weighted by Crippen LogP contribution is 2.28. The number of thiophene rings is 1. The van der Waals surface area contributed by atoms with Crippen LogP contribution in [0.25, 0.3) is 0 Å². The Morgan fingerprint density at radius 2 is 2.30 bits per heavy atom. The first-order valence-corrected chi connectivity index (χ1v) is 7.25. The highest BCUT2D eigenvalue weighted by Gasteiger charge is 2.47. The van der Waals surface area contributed by atoms with Gasteiger partial charge in [0.05, 0.1) is 19.3 Å². The summed E-state index contributed by atoms with van der Waals surface area (Å²) in [6.07, 6.45) is 0. The van der Waals surface area contributed by atoms with Crippen molar-refractivity contribution in [2.45, 2.75) is 26.4 Å². The van der Waals surface area contributed by atoms with Gasteiger partial charge in [0.1, 0.15) is 5.41 Å². The zero-order valence-corrected chi connectivity index (χ0v) is 12.3. The molecular weight excluding hydrogens is 280 g/mol. The monoisotopic (exact) mass is 298 g/mol. The summed E-state index contributed by atoms with van der Waals surface area (Å²) in [7, 11) is 0. The van der Waals surface area contributed by atoms with Crippen molar-refractivity contribution < 1.29 is 19.4 Å². The molecule has 2 atom stereocenters. The van der Waals surface area contributed by atoms with E-state index in [1.807, 2.05) is 17.7 Å².